The first-order chi connectivity index (χ1) is 4.21. The molecule has 0 amide bonds. The molecule has 1 saturated heterocycles. The summed E-state index contributed by atoms with van der Waals surface area (Å²) in [5.74, 6) is 1.66. The fourth-order valence-electron chi connectivity index (χ4n) is 1.08. The lowest BCUT2D eigenvalue weighted by Crippen LogP contribution is -2.41. The molecule has 0 aliphatic carbocycles. The van der Waals surface area contributed by atoms with Crippen LogP contribution < -0.4 is 0 Å². The van der Waals surface area contributed by atoms with Gasteiger partial charge in [-0.05, 0) is 18.1 Å². The number of halogens is 1. The smallest absolute Gasteiger partial charge is 0.104 e. The Bertz CT molecular complexity index is 91.6. The van der Waals surface area contributed by atoms with Crippen molar-refractivity contribution in [2.45, 2.75) is 25.0 Å². The zero-order chi connectivity index (χ0) is 6.91. The summed E-state index contributed by atoms with van der Waals surface area (Å²) >= 11 is 1.79. The summed E-state index contributed by atoms with van der Waals surface area (Å²) in [4.78, 5) is 0. The van der Waals surface area contributed by atoms with Gasteiger partial charge in [0.25, 0.3) is 0 Å². The number of rotatable bonds is 2. The number of hydrogen-bond donors (Lipinski definition) is 0. The molecule has 54 valence electrons. The van der Waals surface area contributed by atoms with Crippen LogP contribution in [-0.2, 0) is 0 Å². The van der Waals surface area contributed by atoms with Crippen molar-refractivity contribution in [1.82, 2.24) is 0 Å². The molecule has 0 nitrogen and oxygen atoms in total. The second-order valence-corrected chi connectivity index (χ2v) is 4.46. The minimum atomic E-state index is -0.144. The van der Waals surface area contributed by atoms with E-state index in [0.717, 1.165) is 12.2 Å². The third-order valence-electron chi connectivity index (χ3n) is 2.19. The van der Waals surface area contributed by atoms with Gasteiger partial charge >= 0.3 is 0 Å². The fourth-order valence-corrected chi connectivity index (χ4v) is 2.22. The molecular formula is C7H13FS. The molecule has 1 rings (SSSR count). The van der Waals surface area contributed by atoms with Gasteiger partial charge in [-0.1, -0.05) is 13.8 Å². The van der Waals surface area contributed by atoms with Gasteiger partial charge in [-0.15, -0.1) is 0 Å². The van der Waals surface area contributed by atoms with Crippen LogP contribution in [0.3, 0.4) is 0 Å². The first-order valence-corrected chi connectivity index (χ1v) is 4.40. The maximum atomic E-state index is 12.3. The van der Waals surface area contributed by atoms with Crippen molar-refractivity contribution in [3.05, 3.63) is 0 Å². The summed E-state index contributed by atoms with van der Waals surface area (Å²) in [6, 6.07) is 0. The van der Waals surface area contributed by atoms with E-state index >= 15 is 0 Å². The van der Waals surface area contributed by atoms with Gasteiger partial charge in [0.05, 0.1) is 0 Å². The van der Waals surface area contributed by atoms with E-state index < -0.39 is 0 Å². The van der Waals surface area contributed by atoms with Crippen LogP contribution in [0, 0.1) is 5.92 Å². The molecule has 0 spiro atoms. The average molecular weight is 148 g/mol. The van der Waals surface area contributed by atoms with E-state index in [1.807, 2.05) is 0 Å². The van der Waals surface area contributed by atoms with Crippen LogP contribution in [0.15, 0.2) is 0 Å². The summed E-state index contributed by atoms with van der Waals surface area (Å²) in [5, 5.41) is 0. The van der Waals surface area contributed by atoms with Gasteiger partial charge in [-0.2, -0.15) is 11.8 Å². The van der Waals surface area contributed by atoms with Gasteiger partial charge in [0.1, 0.15) is 6.67 Å². The summed E-state index contributed by atoms with van der Waals surface area (Å²) in [5.41, 5.74) is 0. The van der Waals surface area contributed by atoms with Gasteiger partial charge in [-0.3, -0.25) is 0 Å². The van der Waals surface area contributed by atoms with Crippen molar-refractivity contribution in [3.63, 3.8) is 0 Å². The SMILES string of the molecule is CC(C)C1(CF)CCS1. The summed E-state index contributed by atoms with van der Waals surface area (Å²) in [7, 11) is 0. The predicted octanol–water partition coefficient (Wildman–Crippen LogP) is 2.49. The van der Waals surface area contributed by atoms with Crippen LogP contribution in [0.25, 0.3) is 0 Å². The number of alkyl halides is 1. The van der Waals surface area contributed by atoms with Crippen molar-refractivity contribution in [2.75, 3.05) is 12.4 Å². The summed E-state index contributed by atoms with van der Waals surface area (Å²) in [6.45, 7) is 4.06. The third-order valence-corrected chi connectivity index (χ3v) is 3.96. The van der Waals surface area contributed by atoms with E-state index in [1.165, 1.54) is 0 Å². The van der Waals surface area contributed by atoms with E-state index in [1.54, 1.807) is 11.8 Å². The molecule has 0 aromatic rings. The highest BCUT2D eigenvalue weighted by Gasteiger charge is 2.40. The zero-order valence-corrected chi connectivity index (χ0v) is 6.80. The molecule has 0 N–H and O–H groups in total. The van der Waals surface area contributed by atoms with Gasteiger partial charge in [0, 0.05) is 4.75 Å². The first kappa shape index (κ1) is 7.39. The van der Waals surface area contributed by atoms with Gasteiger partial charge in [0.2, 0.25) is 0 Å². The molecule has 9 heavy (non-hydrogen) atoms. The lowest BCUT2D eigenvalue weighted by Gasteiger charge is -2.42. The van der Waals surface area contributed by atoms with E-state index in [0.29, 0.717) is 5.92 Å². The maximum Gasteiger partial charge on any atom is 0.104 e. The Balaban J connectivity index is 2.46. The standard InChI is InChI=1S/C7H13FS/c1-6(2)7(5-8)3-4-9-7/h6H,3-5H2,1-2H3. The molecule has 2 heteroatoms. The molecule has 1 atom stereocenters. The quantitative estimate of drug-likeness (QED) is 0.579. The second kappa shape index (κ2) is 2.49. The Kier molecular flexibility index (Phi) is 2.04. The summed E-state index contributed by atoms with van der Waals surface area (Å²) in [6.07, 6.45) is 1.08. The molecule has 0 saturated carbocycles. The normalized spacial score (nSPS) is 34.7. The lowest BCUT2D eigenvalue weighted by atomic mass is 9.92. The summed E-state index contributed by atoms with van der Waals surface area (Å²) < 4.78 is 12.3. The van der Waals surface area contributed by atoms with Crippen LogP contribution in [0.1, 0.15) is 20.3 Å². The van der Waals surface area contributed by atoms with Gasteiger partial charge in [-0.25, -0.2) is 4.39 Å². The van der Waals surface area contributed by atoms with Crippen molar-refractivity contribution >= 4 is 11.8 Å². The number of thioether (sulfide) groups is 1. The van der Waals surface area contributed by atoms with Crippen LogP contribution in [0.2, 0.25) is 0 Å². The monoisotopic (exact) mass is 148 g/mol. The molecule has 0 bridgehead atoms. The van der Waals surface area contributed by atoms with Crippen molar-refractivity contribution in [1.29, 1.82) is 0 Å². The largest absolute Gasteiger partial charge is 0.250 e. The average Bonchev–Trinajstić information content (AvgIpc) is 1.62. The second-order valence-electron chi connectivity index (χ2n) is 2.95. The van der Waals surface area contributed by atoms with Gasteiger partial charge < -0.3 is 0 Å². The maximum absolute atomic E-state index is 12.3. The molecule has 0 aromatic heterocycles. The Hall–Kier alpha value is 0.280. The lowest BCUT2D eigenvalue weighted by molar-refractivity contribution is 0.304. The van der Waals surface area contributed by atoms with Crippen molar-refractivity contribution in [2.24, 2.45) is 5.92 Å². The molecule has 1 aliphatic rings. The number of hydrogen-bond acceptors (Lipinski definition) is 1. The van der Waals surface area contributed by atoms with E-state index in [2.05, 4.69) is 13.8 Å². The highest BCUT2D eigenvalue weighted by Crippen LogP contribution is 2.46. The highest BCUT2D eigenvalue weighted by atomic mass is 32.2. The highest BCUT2D eigenvalue weighted by molar-refractivity contribution is 8.02. The Morgan fingerprint density at radius 2 is 2.22 bits per heavy atom. The molecule has 0 radical (unpaired) electrons. The Labute approximate surface area is 60.2 Å². The molecular weight excluding hydrogens is 135 g/mol. The van der Waals surface area contributed by atoms with Crippen LogP contribution in [-0.4, -0.2) is 17.2 Å². The predicted molar refractivity (Wildman–Crippen MR) is 40.6 cm³/mol. The zero-order valence-electron chi connectivity index (χ0n) is 5.98. The van der Waals surface area contributed by atoms with E-state index in [9.17, 15) is 4.39 Å². The fraction of sp³-hybridized carbons (Fsp3) is 1.00. The van der Waals surface area contributed by atoms with Gasteiger partial charge in [0.15, 0.2) is 0 Å². The minimum Gasteiger partial charge on any atom is -0.250 e. The topological polar surface area (TPSA) is 0 Å². The van der Waals surface area contributed by atoms with Crippen molar-refractivity contribution < 1.29 is 4.39 Å². The Morgan fingerprint density at radius 3 is 2.22 bits per heavy atom. The van der Waals surface area contributed by atoms with Crippen molar-refractivity contribution in [3.8, 4) is 0 Å². The van der Waals surface area contributed by atoms with Crippen LogP contribution >= 0.6 is 11.8 Å². The minimum absolute atomic E-state index is 0.0139. The first-order valence-electron chi connectivity index (χ1n) is 3.41. The molecule has 1 aliphatic heterocycles. The molecule has 1 heterocycles. The molecule has 0 aromatic carbocycles. The molecule has 1 fully saturated rings. The van der Waals surface area contributed by atoms with E-state index in [-0.39, 0.29) is 11.4 Å². The van der Waals surface area contributed by atoms with E-state index in [4.69, 9.17) is 0 Å². The van der Waals surface area contributed by atoms with Crippen LogP contribution in [0.5, 0.6) is 0 Å². The Morgan fingerprint density at radius 1 is 1.67 bits per heavy atom. The van der Waals surface area contributed by atoms with Crippen LogP contribution in [0.4, 0.5) is 4.39 Å². The third kappa shape index (κ3) is 1.09. The molecule has 1 unspecified atom stereocenters.